The molecule has 0 saturated carbocycles. The molecule has 0 aliphatic carbocycles. The van der Waals surface area contributed by atoms with Gasteiger partial charge in [-0.25, -0.2) is 0 Å². The highest BCUT2D eigenvalue weighted by Gasteiger charge is 2.34. The van der Waals surface area contributed by atoms with Gasteiger partial charge in [-0.3, -0.25) is 0 Å². The first kappa shape index (κ1) is 9.53. The van der Waals surface area contributed by atoms with Gasteiger partial charge in [0, 0.05) is 17.4 Å². The summed E-state index contributed by atoms with van der Waals surface area (Å²) >= 11 is 3.56. The average molecular weight is 221 g/mol. The lowest BCUT2D eigenvalue weighted by Gasteiger charge is -2.31. The molecule has 2 atom stereocenters. The van der Waals surface area contributed by atoms with E-state index in [2.05, 4.69) is 29.8 Å². The number of ether oxygens (including phenoxy) is 1. The molecule has 0 aromatic rings. The Bertz CT molecular complexity index is 115. The van der Waals surface area contributed by atoms with Crippen molar-refractivity contribution in [2.75, 3.05) is 11.9 Å². The first-order valence-electron chi connectivity index (χ1n) is 4.40. The van der Waals surface area contributed by atoms with Crippen molar-refractivity contribution in [2.45, 2.75) is 39.2 Å². The first-order chi connectivity index (χ1) is 5.23. The Labute approximate surface area is 77.6 Å². The Hall–Kier alpha value is 0.440. The number of alkyl halides is 1. The van der Waals surface area contributed by atoms with Crippen LogP contribution in [-0.4, -0.2) is 18.0 Å². The quantitative estimate of drug-likeness (QED) is 0.665. The normalized spacial score (nSPS) is 30.3. The van der Waals surface area contributed by atoms with E-state index in [4.69, 9.17) is 4.74 Å². The van der Waals surface area contributed by atoms with E-state index >= 15 is 0 Å². The van der Waals surface area contributed by atoms with E-state index in [9.17, 15) is 0 Å². The van der Waals surface area contributed by atoms with Gasteiger partial charge in [0.05, 0.1) is 6.10 Å². The summed E-state index contributed by atoms with van der Waals surface area (Å²) in [7, 11) is 0. The molecule has 0 N–H and O–H groups in total. The molecule has 1 aliphatic heterocycles. The lowest BCUT2D eigenvalue weighted by Crippen LogP contribution is -2.32. The molecule has 11 heavy (non-hydrogen) atoms. The third-order valence-corrected chi connectivity index (χ3v) is 4.10. The second-order valence-corrected chi connectivity index (χ2v) is 4.20. The highest BCUT2D eigenvalue weighted by atomic mass is 79.9. The number of halogens is 1. The molecule has 0 bridgehead atoms. The van der Waals surface area contributed by atoms with E-state index in [1.165, 1.54) is 19.3 Å². The Kier molecular flexibility index (Phi) is 3.38. The number of hydrogen-bond donors (Lipinski definition) is 0. The maximum Gasteiger partial charge on any atom is 0.0637 e. The molecule has 0 aromatic heterocycles. The molecule has 1 fully saturated rings. The van der Waals surface area contributed by atoms with Crippen molar-refractivity contribution in [3.8, 4) is 0 Å². The van der Waals surface area contributed by atoms with E-state index in [1.54, 1.807) is 0 Å². The third-order valence-electron chi connectivity index (χ3n) is 2.82. The fraction of sp³-hybridized carbons (Fsp3) is 1.00. The molecule has 1 heterocycles. The maximum absolute atomic E-state index is 5.67. The Morgan fingerprint density at radius 1 is 1.64 bits per heavy atom. The monoisotopic (exact) mass is 220 g/mol. The zero-order chi connectivity index (χ0) is 8.32. The lowest BCUT2D eigenvalue weighted by molar-refractivity contribution is 0.0204. The molecule has 2 unspecified atom stereocenters. The van der Waals surface area contributed by atoms with E-state index in [0.29, 0.717) is 11.5 Å². The fourth-order valence-corrected chi connectivity index (χ4v) is 2.29. The molecule has 0 amide bonds. The topological polar surface area (TPSA) is 9.23 Å². The molecular weight excluding hydrogens is 204 g/mol. The Morgan fingerprint density at radius 2 is 2.36 bits per heavy atom. The van der Waals surface area contributed by atoms with Gasteiger partial charge in [-0.2, -0.15) is 0 Å². The summed E-state index contributed by atoms with van der Waals surface area (Å²) in [5.41, 5.74) is 0.358. The summed E-state index contributed by atoms with van der Waals surface area (Å²) in [4.78, 5) is 0. The summed E-state index contributed by atoms with van der Waals surface area (Å²) in [5, 5.41) is 1.06. The number of rotatable bonds is 3. The molecule has 0 aromatic carbocycles. The second kappa shape index (κ2) is 3.90. The van der Waals surface area contributed by atoms with Gasteiger partial charge in [0.15, 0.2) is 0 Å². The van der Waals surface area contributed by atoms with E-state index < -0.39 is 0 Å². The third kappa shape index (κ3) is 1.97. The standard InChI is InChI=1S/C9H17BrO/c1-3-9(2,7-10)8-5-4-6-11-8/h8H,3-7H2,1-2H3. The van der Waals surface area contributed by atoms with E-state index in [0.717, 1.165) is 11.9 Å². The summed E-state index contributed by atoms with van der Waals surface area (Å²) in [6, 6.07) is 0. The molecule has 0 radical (unpaired) electrons. The van der Waals surface area contributed by atoms with Gasteiger partial charge >= 0.3 is 0 Å². The van der Waals surface area contributed by atoms with Gasteiger partial charge in [-0.05, 0) is 19.3 Å². The van der Waals surface area contributed by atoms with Crippen LogP contribution >= 0.6 is 15.9 Å². The molecule has 1 saturated heterocycles. The maximum atomic E-state index is 5.67. The Morgan fingerprint density at radius 3 is 2.73 bits per heavy atom. The summed E-state index contributed by atoms with van der Waals surface area (Å²) in [6.45, 7) is 5.51. The predicted molar refractivity (Wildman–Crippen MR) is 51.2 cm³/mol. The van der Waals surface area contributed by atoms with Crippen LogP contribution in [0, 0.1) is 5.41 Å². The van der Waals surface area contributed by atoms with Gasteiger partial charge in [-0.15, -0.1) is 0 Å². The minimum absolute atomic E-state index is 0.358. The summed E-state index contributed by atoms with van der Waals surface area (Å²) < 4.78 is 5.67. The minimum atomic E-state index is 0.358. The van der Waals surface area contributed by atoms with Crippen LogP contribution in [0.25, 0.3) is 0 Å². The summed E-state index contributed by atoms with van der Waals surface area (Å²) in [5.74, 6) is 0. The highest BCUT2D eigenvalue weighted by Crippen LogP contribution is 2.35. The lowest BCUT2D eigenvalue weighted by atomic mass is 9.82. The van der Waals surface area contributed by atoms with Crippen molar-refractivity contribution in [1.82, 2.24) is 0 Å². The van der Waals surface area contributed by atoms with Crippen LogP contribution < -0.4 is 0 Å². The highest BCUT2D eigenvalue weighted by molar-refractivity contribution is 9.09. The molecule has 1 aliphatic rings. The van der Waals surface area contributed by atoms with Crippen molar-refractivity contribution in [2.24, 2.45) is 5.41 Å². The van der Waals surface area contributed by atoms with Crippen LogP contribution in [0.15, 0.2) is 0 Å². The second-order valence-electron chi connectivity index (χ2n) is 3.64. The van der Waals surface area contributed by atoms with E-state index in [1.807, 2.05) is 0 Å². The zero-order valence-corrected chi connectivity index (χ0v) is 8.99. The molecule has 0 spiro atoms. The number of hydrogen-bond acceptors (Lipinski definition) is 1. The fourth-order valence-electron chi connectivity index (χ4n) is 1.54. The smallest absolute Gasteiger partial charge is 0.0637 e. The molecule has 1 nitrogen and oxygen atoms in total. The van der Waals surface area contributed by atoms with Gasteiger partial charge < -0.3 is 4.74 Å². The van der Waals surface area contributed by atoms with Crippen LogP contribution in [0.3, 0.4) is 0 Å². The SMILES string of the molecule is CCC(C)(CBr)C1CCCO1. The van der Waals surface area contributed by atoms with Crippen molar-refractivity contribution in [3.05, 3.63) is 0 Å². The summed E-state index contributed by atoms with van der Waals surface area (Å²) in [6.07, 6.45) is 4.18. The van der Waals surface area contributed by atoms with Gasteiger partial charge in [0.2, 0.25) is 0 Å². The van der Waals surface area contributed by atoms with Crippen LogP contribution in [0.1, 0.15) is 33.1 Å². The van der Waals surface area contributed by atoms with Crippen LogP contribution in [0.4, 0.5) is 0 Å². The van der Waals surface area contributed by atoms with Crippen molar-refractivity contribution < 1.29 is 4.74 Å². The zero-order valence-electron chi connectivity index (χ0n) is 7.40. The Balaban J connectivity index is 2.52. The molecular formula is C9H17BrO. The minimum Gasteiger partial charge on any atom is -0.378 e. The largest absolute Gasteiger partial charge is 0.378 e. The van der Waals surface area contributed by atoms with Crippen LogP contribution in [-0.2, 0) is 4.74 Å². The van der Waals surface area contributed by atoms with Gasteiger partial charge in [-0.1, -0.05) is 29.8 Å². The van der Waals surface area contributed by atoms with E-state index in [-0.39, 0.29) is 0 Å². The van der Waals surface area contributed by atoms with Crippen LogP contribution in [0.5, 0.6) is 0 Å². The van der Waals surface area contributed by atoms with Gasteiger partial charge in [0.1, 0.15) is 0 Å². The molecule has 2 heteroatoms. The van der Waals surface area contributed by atoms with Crippen molar-refractivity contribution >= 4 is 15.9 Å². The van der Waals surface area contributed by atoms with Gasteiger partial charge in [0.25, 0.3) is 0 Å². The first-order valence-corrected chi connectivity index (χ1v) is 5.52. The van der Waals surface area contributed by atoms with Crippen molar-refractivity contribution in [3.63, 3.8) is 0 Å². The molecule has 1 rings (SSSR count). The van der Waals surface area contributed by atoms with Crippen molar-refractivity contribution in [1.29, 1.82) is 0 Å². The average Bonchev–Trinajstić information content (AvgIpc) is 2.55. The van der Waals surface area contributed by atoms with Crippen LogP contribution in [0.2, 0.25) is 0 Å². The predicted octanol–water partition coefficient (Wildman–Crippen LogP) is 2.98. The molecule has 66 valence electrons.